The Bertz CT molecular complexity index is 674. The molecule has 1 N–H and O–H groups in total. The molecular weight excluding hydrogens is 306 g/mol. The van der Waals surface area contributed by atoms with E-state index in [-0.39, 0.29) is 0 Å². The summed E-state index contributed by atoms with van der Waals surface area (Å²) in [6, 6.07) is 7.00. The molecular formula is C19H27NO2S. The van der Waals surface area contributed by atoms with Crippen LogP contribution in [0.15, 0.2) is 53.5 Å². The zero-order valence-corrected chi connectivity index (χ0v) is 15.0. The highest BCUT2D eigenvalue weighted by molar-refractivity contribution is 7.89. The van der Waals surface area contributed by atoms with Gasteiger partial charge in [-0.15, -0.1) is 6.58 Å². The molecule has 0 saturated heterocycles. The quantitative estimate of drug-likeness (QED) is 0.712. The third-order valence-electron chi connectivity index (χ3n) is 4.53. The van der Waals surface area contributed by atoms with Crippen LogP contribution in [0.1, 0.15) is 51.0 Å². The van der Waals surface area contributed by atoms with Gasteiger partial charge in [-0.2, -0.15) is 0 Å². The Hall–Kier alpha value is -1.39. The lowest BCUT2D eigenvalue weighted by atomic mass is 9.86. The Morgan fingerprint density at radius 1 is 1.30 bits per heavy atom. The minimum Gasteiger partial charge on any atom is -0.207 e. The second kappa shape index (κ2) is 7.45. The van der Waals surface area contributed by atoms with Gasteiger partial charge in [-0.1, -0.05) is 48.8 Å². The Balaban J connectivity index is 2.30. The van der Waals surface area contributed by atoms with Crippen molar-refractivity contribution >= 4 is 10.0 Å². The largest absolute Gasteiger partial charge is 0.241 e. The topological polar surface area (TPSA) is 46.2 Å². The van der Waals surface area contributed by atoms with E-state index in [0.717, 1.165) is 37.7 Å². The molecule has 0 saturated carbocycles. The van der Waals surface area contributed by atoms with E-state index < -0.39 is 15.6 Å². The fourth-order valence-corrected chi connectivity index (χ4v) is 4.67. The highest BCUT2D eigenvalue weighted by Gasteiger charge is 2.39. The number of rotatable bonds is 8. The lowest BCUT2D eigenvalue weighted by Gasteiger charge is -2.33. The molecule has 0 aliphatic heterocycles. The maximum atomic E-state index is 12.8. The number of aryl methyl sites for hydroxylation is 1. The van der Waals surface area contributed by atoms with Crippen LogP contribution in [-0.2, 0) is 10.0 Å². The van der Waals surface area contributed by atoms with Gasteiger partial charge in [-0.25, -0.2) is 13.1 Å². The summed E-state index contributed by atoms with van der Waals surface area (Å²) in [5.74, 6) is 0. The Morgan fingerprint density at radius 3 is 2.61 bits per heavy atom. The van der Waals surface area contributed by atoms with E-state index in [1.807, 2.05) is 25.1 Å². The van der Waals surface area contributed by atoms with Gasteiger partial charge < -0.3 is 0 Å². The van der Waals surface area contributed by atoms with Crippen LogP contribution in [0.2, 0.25) is 0 Å². The number of allylic oxidation sites excluding steroid dienone is 1. The first kappa shape index (κ1) is 18.0. The van der Waals surface area contributed by atoms with Crippen molar-refractivity contribution in [3.63, 3.8) is 0 Å². The van der Waals surface area contributed by atoms with Gasteiger partial charge in [0.2, 0.25) is 10.0 Å². The Labute approximate surface area is 140 Å². The molecule has 0 aromatic heterocycles. The van der Waals surface area contributed by atoms with Crippen molar-refractivity contribution in [2.75, 3.05) is 0 Å². The van der Waals surface area contributed by atoms with Crippen LogP contribution >= 0.6 is 0 Å². The fraction of sp³-hybridized carbons (Fsp3) is 0.474. The van der Waals surface area contributed by atoms with Crippen molar-refractivity contribution in [3.05, 3.63) is 54.1 Å². The maximum Gasteiger partial charge on any atom is 0.241 e. The molecule has 23 heavy (non-hydrogen) atoms. The van der Waals surface area contributed by atoms with Gasteiger partial charge in [0.25, 0.3) is 0 Å². The van der Waals surface area contributed by atoms with Crippen molar-refractivity contribution in [3.8, 4) is 0 Å². The third kappa shape index (κ3) is 4.12. The number of unbranched alkanes of at least 4 members (excludes halogenated alkanes) is 1. The van der Waals surface area contributed by atoms with Crippen LogP contribution in [0, 0.1) is 6.92 Å². The molecule has 0 heterocycles. The third-order valence-corrected chi connectivity index (χ3v) is 6.08. The zero-order valence-electron chi connectivity index (χ0n) is 14.1. The van der Waals surface area contributed by atoms with Gasteiger partial charge in [0.15, 0.2) is 0 Å². The maximum absolute atomic E-state index is 12.8. The smallest absolute Gasteiger partial charge is 0.207 e. The minimum absolute atomic E-state index is 0.327. The van der Waals surface area contributed by atoms with E-state index in [2.05, 4.69) is 24.3 Å². The van der Waals surface area contributed by atoms with Gasteiger partial charge >= 0.3 is 0 Å². The predicted octanol–water partition coefficient (Wildman–Crippen LogP) is 4.50. The fourth-order valence-electron chi connectivity index (χ4n) is 3.23. The van der Waals surface area contributed by atoms with Crippen LogP contribution in [0.5, 0.6) is 0 Å². The van der Waals surface area contributed by atoms with E-state index in [1.165, 1.54) is 5.57 Å². The Kier molecular flexibility index (Phi) is 5.82. The molecule has 1 aliphatic rings. The second-order valence-corrected chi connectivity index (χ2v) is 8.05. The molecule has 1 aromatic rings. The molecule has 1 aromatic carbocycles. The van der Waals surface area contributed by atoms with Crippen LogP contribution < -0.4 is 4.72 Å². The lowest BCUT2D eigenvalue weighted by molar-refractivity contribution is 0.426. The van der Waals surface area contributed by atoms with Crippen molar-refractivity contribution in [1.82, 2.24) is 4.72 Å². The summed E-state index contributed by atoms with van der Waals surface area (Å²) >= 11 is 0. The van der Waals surface area contributed by atoms with E-state index >= 15 is 0 Å². The molecule has 4 heteroatoms. The molecule has 0 amide bonds. The Morgan fingerprint density at radius 2 is 2.00 bits per heavy atom. The number of sulfonamides is 1. The summed E-state index contributed by atoms with van der Waals surface area (Å²) < 4.78 is 28.6. The SMILES string of the molecule is C=CCC1(NS(=O)(=O)c2ccc(C)cc2)CCC=C1CCCC. The summed E-state index contributed by atoms with van der Waals surface area (Å²) in [4.78, 5) is 0.327. The van der Waals surface area contributed by atoms with Crippen LogP contribution in [0.3, 0.4) is 0 Å². The minimum atomic E-state index is -3.54. The molecule has 126 valence electrons. The highest BCUT2D eigenvalue weighted by Crippen LogP contribution is 2.38. The molecule has 2 rings (SSSR count). The van der Waals surface area contributed by atoms with Gasteiger partial charge in [0.1, 0.15) is 0 Å². The number of benzene rings is 1. The van der Waals surface area contributed by atoms with Crippen LogP contribution in [-0.4, -0.2) is 14.0 Å². The predicted molar refractivity (Wildman–Crippen MR) is 95.9 cm³/mol. The molecule has 0 radical (unpaired) electrons. The summed E-state index contributed by atoms with van der Waals surface area (Å²) in [5.41, 5.74) is 1.77. The van der Waals surface area contributed by atoms with E-state index in [9.17, 15) is 8.42 Å². The van der Waals surface area contributed by atoms with E-state index in [0.29, 0.717) is 11.3 Å². The van der Waals surface area contributed by atoms with Gasteiger partial charge in [-0.05, 0) is 51.2 Å². The lowest BCUT2D eigenvalue weighted by Crippen LogP contribution is -2.47. The molecule has 3 nitrogen and oxygen atoms in total. The number of hydrogen-bond acceptors (Lipinski definition) is 2. The summed E-state index contributed by atoms with van der Waals surface area (Å²) in [5, 5.41) is 0. The number of nitrogens with one attached hydrogen (secondary N) is 1. The highest BCUT2D eigenvalue weighted by atomic mass is 32.2. The molecule has 1 aliphatic carbocycles. The summed E-state index contributed by atoms with van der Waals surface area (Å²) in [6.07, 6.45) is 9.52. The van der Waals surface area contributed by atoms with Crippen molar-refractivity contribution in [2.45, 2.75) is 62.8 Å². The monoisotopic (exact) mass is 333 g/mol. The van der Waals surface area contributed by atoms with E-state index in [4.69, 9.17) is 0 Å². The van der Waals surface area contributed by atoms with Gasteiger partial charge in [0.05, 0.1) is 10.4 Å². The molecule has 1 unspecified atom stereocenters. The average Bonchev–Trinajstić information content (AvgIpc) is 2.87. The van der Waals surface area contributed by atoms with Crippen molar-refractivity contribution < 1.29 is 8.42 Å². The van der Waals surface area contributed by atoms with Crippen LogP contribution in [0.25, 0.3) is 0 Å². The summed E-state index contributed by atoms with van der Waals surface area (Å²) in [6.45, 7) is 7.94. The summed E-state index contributed by atoms with van der Waals surface area (Å²) in [7, 11) is -3.54. The average molecular weight is 333 g/mol. The molecule has 0 bridgehead atoms. The normalized spacial score (nSPS) is 21.2. The van der Waals surface area contributed by atoms with Crippen LogP contribution in [0.4, 0.5) is 0 Å². The first-order valence-electron chi connectivity index (χ1n) is 8.34. The van der Waals surface area contributed by atoms with Gasteiger partial charge in [-0.3, -0.25) is 0 Å². The molecule has 1 atom stereocenters. The molecule has 0 spiro atoms. The van der Waals surface area contributed by atoms with E-state index in [1.54, 1.807) is 12.1 Å². The van der Waals surface area contributed by atoms with Crippen molar-refractivity contribution in [1.29, 1.82) is 0 Å². The van der Waals surface area contributed by atoms with Crippen molar-refractivity contribution in [2.24, 2.45) is 0 Å². The second-order valence-electron chi connectivity index (χ2n) is 6.37. The first-order valence-corrected chi connectivity index (χ1v) is 9.83. The number of hydrogen-bond donors (Lipinski definition) is 1. The zero-order chi connectivity index (χ0) is 16.9. The standard InChI is InChI=1S/C19H27NO2S/c1-4-6-8-17-9-7-15-19(17,14-5-2)20-23(21,22)18-12-10-16(3)11-13-18/h5,9-13,20H,2,4,6-8,14-15H2,1,3H3. The van der Waals surface area contributed by atoms with Gasteiger partial charge in [0, 0.05) is 0 Å². The molecule has 0 fully saturated rings. The first-order chi connectivity index (χ1) is 10.9.